The molecule has 11 heteroatoms. The number of carbonyl (C=O) groups is 1. The summed E-state index contributed by atoms with van der Waals surface area (Å²) in [4.78, 5) is 25.5. The number of ether oxygens (including phenoxy) is 1. The van der Waals surface area contributed by atoms with Crippen LogP contribution in [-0.4, -0.2) is 47.1 Å². The maximum Gasteiger partial charge on any atom is 0.323 e. The van der Waals surface area contributed by atoms with E-state index in [4.69, 9.17) is 16.3 Å². The van der Waals surface area contributed by atoms with E-state index in [0.717, 1.165) is 0 Å². The minimum atomic E-state index is -2.65. The number of hydrogen-bond acceptors (Lipinski definition) is 5. The highest BCUT2D eigenvalue weighted by molar-refractivity contribution is 6.33. The van der Waals surface area contributed by atoms with Crippen LogP contribution in [0.4, 0.5) is 30.8 Å². The van der Waals surface area contributed by atoms with Crippen LogP contribution >= 0.6 is 11.6 Å². The number of methoxy groups -OCH3 is 1. The molecular formula is C19H19ClF2N6O2. The zero-order valence-corrected chi connectivity index (χ0v) is 16.8. The first-order chi connectivity index (χ1) is 14.3. The van der Waals surface area contributed by atoms with Gasteiger partial charge in [-0.1, -0.05) is 11.6 Å². The maximum absolute atomic E-state index is 13.3. The highest BCUT2D eigenvalue weighted by Gasteiger charge is 2.34. The third-order valence-corrected chi connectivity index (χ3v) is 5.14. The lowest BCUT2D eigenvalue weighted by Crippen LogP contribution is -2.39. The number of urea groups is 1. The quantitative estimate of drug-likeness (QED) is 0.559. The number of hydrogen-bond donors (Lipinski definition) is 3. The number of aromatic nitrogens is 3. The molecule has 158 valence electrons. The summed E-state index contributed by atoms with van der Waals surface area (Å²) in [7, 11) is 1.53. The lowest BCUT2D eigenvalue weighted by atomic mass is 10.1. The summed E-state index contributed by atoms with van der Waals surface area (Å²) in [5.41, 5.74) is 1.50. The number of pyridine rings is 2. The first-order valence-electron chi connectivity index (χ1n) is 9.22. The van der Waals surface area contributed by atoms with Crippen LogP contribution in [0.25, 0.3) is 11.0 Å². The fourth-order valence-corrected chi connectivity index (χ4v) is 3.55. The van der Waals surface area contributed by atoms with E-state index in [-0.39, 0.29) is 31.0 Å². The minimum Gasteiger partial charge on any atom is -0.495 e. The van der Waals surface area contributed by atoms with Crippen LogP contribution in [-0.2, 0) is 0 Å². The van der Waals surface area contributed by atoms with Crippen LogP contribution in [0, 0.1) is 0 Å². The van der Waals surface area contributed by atoms with Gasteiger partial charge in [0.05, 0.1) is 35.9 Å². The fraction of sp³-hybridized carbons (Fsp3) is 0.316. The van der Waals surface area contributed by atoms with Crippen LogP contribution in [0.15, 0.2) is 30.7 Å². The molecule has 8 nitrogen and oxygen atoms in total. The summed E-state index contributed by atoms with van der Waals surface area (Å²) >= 11 is 6.28. The summed E-state index contributed by atoms with van der Waals surface area (Å²) < 4.78 is 31.9. The number of halogens is 3. The van der Waals surface area contributed by atoms with Crippen LogP contribution in [0.1, 0.15) is 12.8 Å². The Labute approximate surface area is 175 Å². The molecule has 1 aliphatic heterocycles. The molecule has 0 spiro atoms. The second kappa shape index (κ2) is 7.94. The zero-order valence-electron chi connectivity index (χ0n) is 16.0. The molecule has 1 aliphatic rings. The Hall–Kier alpha value is -3.14. The number of carbonyl (C=O) groups excluding carboxylic acids is 1. The Morgan fingerprint density at radius 3 is 2.70 bits per heavy atom. The van der Waals surface area contributed by atoms with Gasteiger partial charge in [-0.05, 0) is 12.1 Å². The van der Waals surface area contributed by atoms with Crippen molar-refractivity contribution in [3.05, 3.63) is 35.7 Å². The van der Waals surface area contributed by atoms with Crippen molar-refractivity contribution in [3.8, 4) is 5.75 Å². The van der Waals surface area contributed by atoms with Gasteiger partial charge in [0.25, 0.3) is 5.92 Å². The van der Waals surface area contributed by atoms with E-state index in [1.54, 1.807) is 23.4 Å². The van der Waals surface area contributed by atoms with Crippen molar-refractivity contribution in [3.63, 3.8) is 0 Å². The number of nitrogens with zero attached hydrogens (tertiary/aromatic N) is 3. The van der Waals surface area contributed by atoms with Gasteiger partial charge in [0, 0.05) is 37.5 Å². The summed E-state index contributed by atoms with van der Waals surface area (Å²) in [6.07, 6.45) is 4.15. The second-order valence-corrected chi connectivity index (χ2v) is 7.33. The topological polar surface area (TPSA) is 95.2 Å². The van der Waals surface area contributed by atoms with Crippen LogP contribution in [0.3, 0.4) is 0 Å². The van der Waals surface area contributed by atoms with Crippen LogP contribution < -0.4 is 20.3 Å². The minimum absolute atomic E-state index is 0.172. The van der Waals surface area contributed by atoms with Gasteiger partial charge < -0.3 is 25.3 Å². The zero-order chi connectivity index (χ0) is 21.3. The van der Waals surface area contributed by atoms with Gasteiger partial charge in [-0.2, -0.15) is 0 Å². The predicted molar refractivity (Wildman–Crippen MR) is 111 cm³/mol. The van der Waals surface area contributed by atoms with Crippen molar-refractivity contribution in [2.45, 2.75) is 18.8 Å². The standard InChI is InChI=1S/C19H19ClF2N6O2/c1-30-12-7-13-15(10-24-16(13)23-9-12)27-18(29)26-11-6-14(20)17(25-8-11)28-4-2-19(21,22)3-5-28/h6-10H,2-5H2,1H3,(H,23,24)(H2,26,27,29). The molecular weight excluding hydrogens is 418 g/mol. The van der Waals surface area contributed by atoms with Crippen molar-refractivity contribution in [2.24, 2.45) is 0 Å². The lowest BCUT2D eigenvalue weighted by Gasteiger charge is -2.33. The monoisotopic (exact) mass is 436 g/mol. The van der Waals surface area contributed by atoms with Gasteiger partial charge in [-0.25, -0.2) is 23.5 Å². The number of anilines is 3. The van der Waals surface area contributed by atoms with Crippen molar-refractivity contribution in [1.29, 1.82) is 0 Å². The summed E-state index contributed by atoms with van der Waals surface area (Å²) in [5, 5.41) is 6.36. The molecule has 0 aliphatic carbocycles. The van der Waals surface area contributed by atoms with E-state index in [1.807, 2.05) is 0 Å². The van der Waals surface area contributed by atoms with Crippen molar-refractivity contribution in [2.75, 3.05) is 35.7 Å². The molecule has 1 fully saturated rings. The molecule has 3 aromatic rings. The Balaban J connectivity index is 1.43. The molecule has 4 rings (SSSR count). The molecule has 0 bridgehead atoms. The number of alkyl halides is 2. The number of rotatable bonds is 4. The molecule has 0 saturated carbocycles. The maximum atomic E-state index is 13.3. The third-order valence-electron chi connectivity index (χ3n) is 4.86. The molecule has 0 aromatic carbocycles. The van der Waals surface area contributed by atoms with Crippen LogP contribution in [0.5, 0.6) is 5.75 Å². The molecule has 0 unspecified atom stereocenters. The average Bonchev–Trinajstić information content (AvgIpc) is 3.10. The van der Waals surface area contributed by atoms with Gasteiger partial charge in [0.2, 0.25) is 0 Å². The fourth-order valence-electron chi connectivity index (χ4n) is 3.26. The molecule has 0 atom stereocenters. The highest BCUT2D eigenvalue weighted by atomic mass is 35.5. The molecule has 1 saturated heterocycles. The first kappa shape index (κ1) is 20.1. The smallest absolute Gasteiger partial charge is 0.323 e. The summed E-state index contributed by atoms with van der Waals surface area (Å²) in [6, 6.07) is 2.79. The molecule has 30 heavy (non-hydrogen) atoms. The normalized spacial score (nSPS) is 15.8. The highest BCUT2D eigenvalue weighted by Crippen LogP contribution is 2.33. The van der Waals surface area contributed by atoms with Gasteiger partial charge in [0.1, 0.15) is 17.2 Å². The second-order valence-electron chi connectivity index (χ2n) is 6.93. The Morgan fingerprint density at radius 1 is 1.23 bits per heavy atom. The average molecular weight is 437 g/mol. The van der Waals surface area contributed by atoms with E-state index in [0.29, 0.717) is 34.0 Å². The largest absolute Gasteiger partial charge is 0.495 e. The number of piperidine rings is 1. The van der Waals surface area contributed by atoms with E-state index in [2.05, 4.69) is 25.6 Å². The van der Waals surface area contributed by atoms with E-state index >= 15 is 0 Å². The Kier molecular flexibility index (Phi) is 5.33. The third kappa shape index (κ3) is 4.23. The SMILES string of the molecule is COc1cnc2[nH]cc(NC(=O)Nc3cnc(N4CCC(F)(F)CC4)c(Cl)c3)c2c1. The predicted octanol–water partition coefficient (Wildman–Crippen LogP) is 4.50. The van der Waals surface area contributed by atoms with Crippen molar-refractivity contribution < 1.29 is 18.3 Å². The molecule has 3 N–H and O–H groups in total. The van der Waals surface area contributed by atoms with Crippen LogP contribution in [0.2, 0.25) is 5.02 Å². The number of H-pyrrole nitrogens is 1. The number of amides is 2. The number of aromatic amines is 1. The summed E-state index contributed by atoms with van der Waals surface area (Å²) in [5.74, 6) is -1.66. The first-order valence-corrected chi connectivity index (χ1v) is 9.60. The Bertz CT molecular complexity index is 1080. The Morgan fingerprint density at radius 2 is 2.00 bits per heavy atom. The van der Waals surface area contributed by atoms with E-state index in [1.165, 1.54) is 19.4 Å². The van der Waals surface area contributed by atoms with Crippen molar-refractivity contribution in [1.82, 2.24) is 15.0 Å². The molecule has 0 radical (unpaired) electrons. The lowest BCUT2D eigenvalue weighted by molar-refractivity contribution is -0.0221. The number of nitrogens with one attached hydrogen (secondary N) is 3. The van der Waals surface area contributed by atoms with E-state index in [9.17, 15) is 13.6 Å². The molecule has 3 aromatic heterocycles. The van der Waals surface area contributed by atoms with Gasteiger partial charge in [0.15, 0.2) is 0 Å². The molecule has 4 heterocycles. The van der Waals surface area contributed by atoms with Gasteiger partial charge in [-0.3, -0.25) is 0 Å². The van der Waals surface area contributed by atoms with Gasteiger partial charge in [-0.15, -0.1) is 0 Å². The summed E-state index contributed by atoms with van der Waals surface area (Å²) in [6.45, 7) is 0.343. The number of fused-ring (bicyclic) bond motifs is 1. The molecule has 2 amide bonds. The van der Waals surface area contributed by atoms with E-state index < -0.39 is 12.0 Å². The van der Waals surface area contributed by atoms with Crippen molar-refractivity contribution >= 4 is 45.9 Å². The van der Waals surface area contributed by atoms with Gasteiger partial charge >= 0.3 is 6.03 Å².